The Morgan fingerprint density at radius 1 is 1.29 bits per heavy atom. The van der Waals surface area contributed by atoms with Crippen LogP contribution in [0, 0.1) is 0 Å². The first-order valence-electron chi connectivity index (χ1n) is 6.04. The molecule has 17 heavy (non-hydrogen) atoms. The largest absolute Gasteiger partial charge is 0.462 e. The van der Waals surface area contributed by atoms with Crippen LogP contribution >= 0.6 is 22.6 Å². The summed E-state index contributed by atoms with van der Waals surface area (Å²) in [6, 6.07) is 0. The zero-order chi connectivity index (χ0) is 12.7. The molecule has 1 aliphatic carbocycles. The minimum absolute atomic E-state index is 0.0726. The zero-order valence-corrected chi connectivity index (χ0v) is 12.3. The Hall–Kier alpha value is -0.330. The number of esters is 2. The van der Waals surface area contributed by atoms with E-state index in [-0.39, 0.29) is 30.6 Å². The van der Waals surface area contributed by atoms with Crippen molar-refractivity contribution in [3.8, 4) is 0 Å². The van der Waals surface area contributed by atoms with Crippen LogP contribution in [0.3, 0.4) is 0 Å². The Balaban J connectivity index is 2.28. The summed E-state index contributed by atoms with van der Waals surface area (Å²) in [7, 11) is 0. The Kier molecular flexibility index (Phi) is 6.84. The lowest BCUT2D eigenvalue weighted by molar-refractivity contribution is -0.156. The topological polar surface area (TPSA) is 52.6 Å². The van der Waals surface area contributed by atoms with E-state index in [0.29, 0.717) is 4.43 Å². The highest BCUT2D eigenvalue weighted by molar-refractivity contribution is 14.1. The lowest BCUT2D eigenvalue weighted by Crippen LogP contribution is -2.26. The van der Waals surface area contributed by atoms with E-state index in [1.165, 1.54) is 13.3 Å². The third-order valence-corrected chi connectivity index (χ3v) is 3.73. The highest BCUT2D eigenvalue weighted by Crippen LogP contribution is 2.21. The number of carbonyl (C=O) groups excluding carboxylic acids is 2. The van der Waals surface area contributed by atoms with Crippen LogP contribution in [0.4, 0.5) is 0 Å². The maximum Gasteiger partial charge on any atom is 0.309 e. The quantitative estimate of drug-likeness (QED) is 0.433. The minimum Gasteiger partial charge on any atom is -0.462 e. The van der Waals surface area contributed by atoms with Crippen molar-refractivity contribution in [3.63, 3.8) is 0 Å². The van der Waals surface area contributed by atoms with E-state index >= 15 is 0 Å². The summed E-state index contributed by atoms with van der Waals surface area (Å²) in [5, 5.41) is 0. The normalized spacial score (nSPS) is 18.5. The van der Waals surface area contributed by atoms with E-state index in [1.54, 1.807) is 0 Å². The number of hydrogen-bond acceptors (Lipinski definition) is 4. The molecule has 0 aromatic heterocycles. The second kappa shape index (κ2) is 7.89. The van der Waals surface area contributed by atoms with Gasteiger partial charge in [0.15, 0.2) is 0 Å². The maximum atomic E-state index is 11.6. The fourth-order valence-corrected chi connectivity index (χ4v) is 2.46. The summed E-state index contributed by atoms with van der Waals surface area (Å²) in [6.07, 6.45) is 5.32. The minimum atomic E-state index is -0.357. The molecule has 0 spiro atoms. The standard InChI is InChI=1S/C12H19IO4/c1-9(14)16-11(8-13)7-12(15)17-10-5-3-2-4-6-10/h10-11H,2-8H2,1H3. The number of halogens is 1. The molecule has 0 bridgehead atoms. The molecule has 0 saturated heterocycles. The van der Waals surface area contributed by atoms with Gasteiger partial charge in [0.25, 0.3) is 0 Å². The number of alkyl halides is 1. The van der Waals surface area contributed by atoms with Crippen LogP contribution in [-0.2, 0) is 19.1 Å². The Morgan fingerprint density at radius 2 is 1.94 bits per heavy atom. The highest BCUT2D eigenvalue weighted by atomic mass is 127. The van der Waals surface area contributed by atoms with Gasteiger partial charge in [0, 0.05) is 11.4 Å². The fraction of sp³-hybridized carbons (Fsp3) is 0.833. The van der Waals surface area contributed by atoms with Gasteiger partial charge in [-0.3, -0.25) is 9.59 Å². The number of hydrogen-bond donors (Lipinski definition) is 0. The molecule has 0 aliphatic heterocycles. The molecule has 0 aromatic rings. The molecule has 1 saturated carbocycles. The second-order valence-electron chi connectivity index (χ2n) is 4.34. The summed E-state index contributed by atoms with van der Waals surface area (Å²) in [6.45, 7) is 1.35. The molecular weight excluding hydrogens is 335 g/mol. The first-order valence-corrected chi connectivity index (χ1v) is 7.57. The summed E-state index contributed by atoms with van der Waals surface area (Å²) in [5.74, 6) is -0.600. The lowest BCUT2D eigenvalue weighted by Gasteiger charge is -2.22. The van der Waals surface area contributed by atoms with Gasteiger partial charge in [-0.25, -0.2) is 0 Å². The van der Waals surface area contributed by atoms with Crippen LogP contribution < -0.4 is 0 Å². The van der Waals surface area contributed by atoms with Crippen molar-refractivity contribution in [1.82, 2.24) is 0 Å². The molecule has 0 heterocycles. The molecule has 1 fully saturated rings. The van der Waals surface area contributed by atoms with Crippen LogP contribution in [0.2, 0.25) is 0 Å². The molecule has 5 heteroatoms. The average Bonchev–Trinajstić information content (AvgIpc) is 2.28. The van der Waals surface area contributed by atoms with Crippen molar-refractivity contribution in [2.24, 2.45) is 0 Å². The summed E-state index contributed by atoms with van der Waals surface area (Å²) >= 11 is 2.10. The van der Waals surface area contributed by atoms with Crippen molar-refractivity contribution in [2.45, 2.75) is 57.7 Å². The SMILES string of the molecule is CC(=O)OC(CI)CC(=O)OC1CCCCC1. The van der Waals surface area contributed by atoms with Gasteiger partial charge in [0.05, 0.1) is 6.42 Å². The van der Waals surface area contributed by atoms with Crippen molar-refractivity contribution >= 4 is 34.5 Å². The second-order valence-corrected chi connectivity index (χ2v) is 5.22. The van der Waals surface area contributed by atoms with Crippen LogP contribution in [0.1, 0.15) is 45.4 Å². The van der Waals surface area contributed by atoms with Crippen molar-refractivity contribution < 1.29 is 19.1 Å². The first-order chi connectivity index (χ1) is 8.11. The molecule has 0 aromatic carbocycles. The monoisotopic (exact) mass is 354 g/mol. The fourth-order valence-electron chi connectivity index (χ4n) is 1.97. The van der Waals surface area contributed by atoms with Gasteiger partial charge in [0.1, 0.15) is 12.2 Å². The lowest BCUT2D eigenvalue weighted by atomic mass is 9.98. The van der Waals surface area contributed by atoms with Gasteiger partial charge >= 0.3 is 11.9 Å². The average molecular weight is 354 g/mol. The Morgan fingerprint density at radius 3 is 2.47 bits per heavy atom. The molecule has 1 rings (SSSR count). The Labute approximate surface area is 116 Å². The molecule has 4 nitrogen and oxygen atoms in total. The van der Waals surface area contributed by atoms with Gasteiger partial charge < -0.3 is 9.47 Å². The van der Waals surface area contributed by atoms with Gasteiger partial charge in [-0.15, -0.1) is 0 Å². The van der Waals surface area contributed by atoms with Gasteiger partial charge in [-0.2, -0.15) is 0 Å². The third-order valence-electron chi connectivity index (χ3n) is 2.75. The summed E-state index contributed by atoms with van der Waals surface area (Å²) < 4.78 is 11.0. The maximum absolute atomic E-state index is 11.6. The van der Waals surface area contributed by atoms with Gasteiger partial charge in [-0.1, -0.05) is 29.0 Å². The number of rotatable bonds is 5. The van der Waals surface area contributed by atoms with Gasteiger partial charge in [0.2, 0.25) is 0 Å². The third kappa shape index (κ3) is 6.24. The van der Waals surface area contributed by atoms with E-state index in [9.17, 15) is 9.59 Å². The van der Waals surface area contributed by atoms with E-state index < -0.39 is 0 Å². The highest BCUT2D eigenvalue weighted by Gasteiger charge is 2.21. The van der Waals surface area contributed by atoms with Crippen LogP contribution in [0.5, 0.6) is 0 Å². The molecule has 1 atom stereocenters. The summed E-state index contributed by atoms with van der Waals surface area (Å²) in [5.41, 5.74) is 0. The molecule has 1 unspecified atom stereocenters. The van der Waals surface area contributed by atoms with Crippen LogP contribution in [0.25, 0.3) is 0 Å². The Bertz CT molecular complexity index is 261. The molecule has 1 aliphatic rings. The van der Waals surface area contributed by atoms with Gasteiger partial charge in [-0.05, 0) is 25.7 Å². The molecular formula is C12H19IO4. The molecule has 0 radical (unpaired) electrons. The number of carbonyl (C=O) groups is 2. The predicted octanol–water partition coefficient (Wildman–Crippen LogP) is 2.62. The van der Waals surface area contributed by atoms with Crippen molar-refractivity contribution in [3.05, 3.63) is 0 Å². The van der Waals surface area contributed by atoms with E-state index in [2.05, 4.69) is 22.6 Å². The zero-order valence-electron chi connectivity index (χ0n) is 10.1. The predicted molar refractivity (Wildman–Crippen MR) is 72.0 cm³/mol. The molecule has 98 valence electrons. The molecule has 0 N–H and O–H groups in total. The number of ether oxygens (including phenoxy) is 2. The summed E-state index contributed by atoms with van der Waals surface area (Å²) in [4.78, 5) is 22.5. The van der Waals surface area contributed by atoms with Crippen molar-refractivity contribution in [1.29, 1.82) is 0 Å². The van der Waals surface area contributed by atoms with Crippen LogP contribution in [-0.4, -0.2) is 28.6 Å². The van der Waals surface area contributed by atoms with Crippen molar-refractivity contribution in [2.75, 3.05) is 4.43 Å². The smallest absolute Gasteiger partial charge is 0.309 e. The van der Waals surface area contributed by atoms with E-state index in [0.717, 1.165) is 25.7 Å². The van der Waals surface area contributed by atoms with Crippen LogP contribution in [0.15, 0.2) is 0 Å². The van der Waals surface area contributed by atoms with E-state index in [1.807, 2.05) is 0 Å². The van der Waals surface area contributed by atoms with E-state index in [4.69, 9.17) is 9.47 Å². The first kappa shape index (κ1) is 14.7. The molecule has 0 amide bonds.